The van der Waals surface area contributed by atoms with Gasteiger partial charge in [-0.25, -0.2) is 0 Å². The molecule has 4 heteroatoms. The molecule has 1 atom stereocenters. The largest absolute Gasteiger partial charge is 0.497 e. The number of amides is 1. The van der Waals surface area contributed by atoms with Crippen LogP contribution in [0, 0.1) is 12.3 Å². The van der Waals surface area contributed by atoms with Gasteiger partial charge in [-0.3, -0.25) is 4.79 Å². The second-order valence-corrected chi connectivity index (χ2v) is 4.77. The van der Waals surface area contributed by atoms with E-state index in [-0.39, 0.29) is 0 Å². The van der Waals surface area contributed by atoms with E-state index in [1.807, 2.05) is 0 Å². The zero-order valence-corrected chi connectivity index (χ0v) is 12.5. The number of aliphatic hydroxyl groups is 1. The van der Waals surface area contributed by atoms with Crippen LogP contribution >= 0.6 is 0 Å². The molecule has 22 heavy (non-hydrogen) atoms. The molecule has 112 valence electrons. The van der Waals surface area contributed by atoms with Crippen LogP contribution in [0.4, 0.5) is 5.69 Å². The molecule has 0 aromatic heterocycles. The molecular formula is C18H17NO3. The highest BCUT2D eigenvalue weighted by molar-refractivity contribution is 5.96. The Morgan fingerprint density at radius 2 is 2.00 bits per heavy atom. The minimum atomic E-state index is -1.27. The van der Waals surface area contributed by atoms with Crippen molar-refractivity contribution >= 4 is 11.6 Å². The maximum Gasteiger partial charge on any atom is 0.260 e. The van der Waals surface area contributed by atoms with E-state index in [1.54, 1.807) is 55.6 Å². The minimum Gasteiger partial charge on any atom is -0.497 e. The highest BCUT2D eigenvalue weighted by Gasteiger charge is 2.22. The van der Waals surface area contributed by atoms with E-state index >= 15 is 0 Å². The molecule has 2 aromatic carbocycles. The van der Waals surface area contributed by atoms with Gasteiger partial charge in [-0.1, -0.05) is 24.1 Å². The van der Waals surface area contributed by atoms with Gasteiger partial charge in [0.15, 0.2) is 6.10 Å². The molecule has 0 fully saturated rings. The number of carbonyl (C=O) groups excluding carboxylic acids is 1. The van der Waals surface area contributed by atoms with Crippen LogP contribution in [0.3, 0.4) is 0 Å². The number of aliphatic hydroxyl groups excluding tert-OH is 1. The Balaban J connectivity index is 2.24. The molecule has 0 heterocycles. The van der Waals surface area contributed by atoms with E-state index < -0.39 is 12.0 Å². The van der Waals surface area contributed by atoms with Crippen LogP contribution in [0.5, 0.6) is 5.75 Å². The van der Waals surface area contributed by atoms with Crippen LogP contribution in [-0.2, 0) is 4.79 Å². The van der Waals surface area contributed by atoms with Crippen molar-refractivity contribution in [2.45, 2.75) is 6.10 Å². The molecule has 0 radical (unpaired) electrons. The number of ether oxygens (including phenoxy) is 1. The maximum absolute atomic E-state index is 12.4. The second kappa shape index (κ2) is 6.79. The molecule has 0 aliphatic heterocycles. The first-order valence-corrected chi connectivity index (χ1v) is 6.73. The predicted octanol–water partition coefficient (Wildman–Crippen LogP) is 2.37. The van der Waals surface area contributed by atoms with Gasteiger partial charge in [0.2, 0.25) is 0 Å². The lowest BCUT2D eigenvalue weighted by molar-refractivity contribution is -0.126. The van der Waals surface area contributed by atoms with E-state index in [0.717, 1.165) is 0 Å². The maximum atomic E-state index is 12.4. The number of rotatable bonds is 4. The first-order chi connectivity index (χ1) is 10.6. The zero-order chi connectivity index (χ0) is 16.1. The van der Waals surface area contributed by atoms with Crippen molar-refractivity contribution in [2.75, 3.05) is 19.1 Å². The number of likely N-dealkylation sites (N-methyl/N-ethyl adjacent to an activating group) is 1. The van der Waals surface area contributed by atoms with Gasteiger partial charge in [0.25, 0.3) is 5.91 Å². The number of hydrogen-bond acceptors (Lipinski definition) is 3. The van der Waals surface area contributed by atoms with Gasteiger partial charge in [0.1, 0.15) is 5.75 Å². The quantitative estimate of drug-likeness (QED) is 0.881. The summed E-state index contributed by atoms with van der Waals surface area (Å²) in [6.07, 6.45) is 4.09. The second-order valence-electron chi connectivity index (χ2n) is 4.77. The molecular weight excluding hydrogens is 278 g/mol. The van der Waals surface area contributed by atoms with Crippen molar-refractivity contribution in [3.8, 4) is 18.1 Å². The van der Waals surface area contributed by atoms with Gasteiger partial charge >= 0.3 is 0 Å². The first kappa shape index (κ1) is 15.6. The van der Waals surface area contributed by atoms with Gasteiger partial charge in [0, 0.05) is 18.3 Å². The van der Waals surface area contributed by atoms with E-state index in [4.69, 9.17) is 11.2 Å². The van der Waals surface area contributed by atoms with Crippen molar-refractivity contribution in [3.63, 3.8) is 0 Å². The third-order valence-corrected chi connectivity index (χ3v) is 3.37. The molecule has 1 N–H and O–H groups in total. The number of hydrogen-bond donors (Lipinski definition) is 1. The molecule has 0 spiro atoms. The third-order valence-electron chi connectivity index (χ3n) is 3.37. The van der Waals surface area contributed by atoms with Gasteiger partial charge in [0.05, 0.1) is 7.11 Å². The Labute approximate surface area is 130 Å². The van der Waals surface area contributed by atoms with E-state index in [0.29, 0.717) is 22.6 Å². The normalized spacial score (nSPS) is 11.4. The Bertz CT molecular complexity index is 718. The summed E-state index contributed by atoms with van der Waals surface area (Å²) in [5, 5.41) is 10.3. The summed E-state index contributed by atoms with van der Waals surface area (Å²) in [5.41, 5.74) is 1.78. The number of carbonyl (C=O) groups is 1. The SMILES string of the molecule is C#Cc1cccc(N(C)C(=O)C(O)c2cccc(OC)c2)c1. The van der Waals surface area contributed by atoms with E-state index in [1.165, 1.54) is 12.0 Å². The topological polar surface area (TPSA) is 49.8 Å². The predicted molar refractivity (Wildman–Crippen MR) is 85.7 cm³/mol. The van der Waals surface area contributed by atoms with Crippen molar-refractivity contribution in [1.82, 2.24) is 0 Å². The Hall–Kier alpha value is -2.77. The standard InChI is InChI=1S/C18H17NO3/c1-4-13-7-5-9-15(11-13)19(2)18(21)17(20)14-8-6-10-16(12-14)22-3/h1,5-12,17,20H,2-3H3. The average Bonchev–Trinajstić information content (AvgIpc) is 2.59. The summed E-state index contributed by atoms with van der Waals surface area (Å²) < 4.78 is 5.10. The Morgan fingerprint density at radius 3 is 2.68 bits per heavy atom. The number of terminal acetylenes is 1. The summed E-state index contributed by atoms with van der Waals surface area (Å²) in [6.45, 7) is 0. The van der Waals surface area contributed by atoms with Gasteiger partial charge in [-0.15, -0.1) is 6.42 Å². The van der Waals surface area contributed by atoms with Crippen molar-refractivity contribution in [2.24, 2.45) is 0 Å². The lowest BCUT2D eigenvalue weighted by Gasteiger charge is -2.21. The lowest BCUT2D eigenvalue weighted by Crippen LogP contribution is -2.31. The Kier molecular flexibility index (Phi) is 4.82. The Morgan fingerprint density at radius 1 is 1.27 bits per heavy atom. The van der Waals surface area contributed by atoms with Crippen LogP contribution in [0.15, 0.2) is 48.5 Å². The summed E-state index contributed by atoms with van der Waals surface area (Å²) in [6, 6.07) is 13.8. The zero-order valence-electron chi connectivity index (χ0n) is 12.5. The van der Waals surface area contributed by atoms with E-state index in [9.17, 15) is 9.90 Å². The fraction of sp³-hybridized carbons (Fsp3) is 0.167. The molecule has 2 rings (SSSR count). The van der Waals surface area contributed by atoms with Crippen LogP contribution in [0.1, 0.15) is 17.2 Å². The number of methoxy groups -OCH3 is 1. The monoisotopic (exact) mass is 295 g/mol. The van der Waals surface area contributed by atoms with E-state index in [2.05, 4.69) is 5.92 Å². The van der Waals surface area contributed by atoms with Crippen LogP contribution < -0.4 is 9.64 Å². The summed E-state index contributed by atoms with van der Waals surface area (Å²) in [4.78, 5) is 13.8. The molecule has 0 saturated heterocycles. The van der Waals surface area contributed by atoms with Gasteiger partial charge in [-0.2, -0.15) is 0 Å². The smallest absolute Gasteiger partial charge is 0.260 e. The molecule has 0 saturated carbocycles. The highest BCUT2D eigenvalue weighted by Crippen LogP contribution is 2.23. The van der Waals surface area contributed by atoms with Crippen LogP contribution in [-0.4, -0.2) is 25.2 Å². The minimum absolute atomic E-state index is 0.442. The summed E-state index contributed by atoms with van der Waals surface area (Å²) in [5.74, 6) is 2.66. The van der Waals surface area contributed by atoms with Crippen molar-refractivity contribution in [1.29, 1.82) is 0 Å². The fourth-order valence-electron chi connectivity index (χ4n) is 2.07. The lowest BCUT2D eigenvalue weighted by atomic mass is 10.1. The molecule has 0 aliphatic carbocycles. The molecule has 0 aliphatic rings. The molecule has 1 amide bonds. The first-order valence-electron chi connectivity index (χ1n) is 6.73. The van der Waals surface area contributed by atoms with Gasteiger partial charge < -0.3 is 14.7 Å². The molecule has 0 bridgehead atoms. The number of nitrogens with zero attached hydrogens (tertiary/aromatic N) is 1. The molecule has 2 aromatic rings. The third kappa shape index (κ3) is 3.27. The molecule has 1 unspecified atom stereocenters. The fourth-order valence-corrected chi connectivity index (χ4v) is 2.07. The van der Waals surface area contributed by atoms with Gasteiger partial charge in [-0.05, 0) is 35.9 Å². The summed E-state index contributed by atoms with van der Waals surface area (Å²) in [7, 11) is 3.13. The summed E-state index contributed by atoms with van der Waals surface area (Å²) >= 11 is 0. The number of benzene rings is 2. The highest BCUT2D eigenvalue weighted by atomic mass is 16.5. The van der Waals surface area contributed by atoms with Crippen LogP contribution in [0.25, 0.3) is 0 Å². The van der Waals surface area contributed by atoms with Crippen molar-refractivity contribution < 1.29 is 14.6 Å². The average molecular weight is 295 g/mol. The van der Waals surface area contributed by atoms with Crippen molar-refractivity contribution in [3.05, 3.63) is 59.7 Å². The van der Waals surface area contributed by atoms with Crippen LogP contribution in [0.2, 0.25) is 0 Å². The molecule has 4 nitrogen and oxygen atoms in total. The number of anilines is 1.